The molecule has 0 heterocycles. The normalized spacial score (nSPS) is 13.6. The summed E-state index contributed by atoms with van der Waals surface area (Å²) in [7, 11) is -2.37. The number of hydrogen-bond acceptors (Lipinski definition) is 5. The van der Waals surface area contributed by atoms with Crippen LogP contribution in [0.25, 0.3) is 0 Å². The lowest BCUT2D eigenvalue weighted by atomic mass is 10.00. The molecule has 0 spiro atoms. The third-order valence-electron chi connectivity index (χ3n) is 4.18. The maximum atomic E-state index is 12.6. The minimum Gasteiger partial charge on any atom is -0.497 e. The lowest BCUT2D eigenvalue weighted by Crippen LogP contribution is -2.34. The van der Waals surface area contributed by atoms with E-state index in [4.69, 9.17) is 8.92 Å². The maximum absolute atomic E-state index is 12.6. The van der Waals surface area contributed by atoms with Crippen LogP contribution in [0.5, 0.6) is 5.75 Å². The molecule has 1 amide bonds. The first kappa shape index (κ1) is 20.9. The Morgan fingerprint density at radius 1 is 1.07 bits per heavy atom. The summed E-state index contributed by atoms with van der Waals surface area (Å²) in [6.07, 6.45) is 0.386. The van der Waals surface area contributed by atoms with Crippen LogP contribution >= 0.6 is 0 Å². The van der Waals surface area contributed by atoms with E-state index in [-0.39, 0.29) is 10.8 Å². The summed E-state index contributed by atoms with van der Waals surface area (Å²) >= 11 is 0. The van der Waals surface area contributed by atoms with Gasteiger partial charge in [0.15, 0.2) is 0 Å². The Morgan fingerprint density at radius 3 is 2.26 bits per heavy atom. The van der Waals surface area contributed by atoms with Crippen LogP contribution in [0, 0.1) is 5.92 Å². The summed E-state index contributed by atoms with van der Waals surface area (Å²) in [4.78, 5) is 12.7. The second-order valence-electron chi connectivity index (χ2n) is 6.20. The Kier molecular flexibility index (Phi) is 7.38. The fourth-order valence-corrected chi connectivity index (χ4v) is 3.76. The first-order valence-electron chi connectivity index (χ1n) is 8.80. The van der Waals surface area contributed by atoms with Gasteiger partial charge in [0.2, 0.25) is 5.91 Å². The zero-order chi connectivity index (χ0) is 19.9. The van der Waals surface area contributed by atoms with Gasteiger partial charge in [-0.25, -0.2) is 0 Å². The van der Waals surface area contributed by atoms with Crippen LogP contribution in [0.4, 0.5) is 5.69 Å². The highest BCUT2D eigenvalue weighted by atomic mass is 32.2. The van der Waals surface area contributed by atoms with Crippen LogP contribution in [-0.4, -0.2) is 27.5 Å². The predicted molar refractivity (Wildman–Crippen MR) is 104 cm³/mol. The molecular weight excluding hydrogens is 366 g/mol. The number of benzene rings is 2. The van der Waals surface area contributed by atoms with E-state index in [2.05, 4.69) is 5.32 Å². The molecule has 0 saturated carbocycles. The molecule has 0 fully saturated rings. The Labute approximate surface area is 160 Å². The maximum Gasteiger partial charge on any atom is 0.297 e. The van der Waals surface area contributed by atoms with Crippen molar-refractivity contribution in [3.8, 4) is 5.75 Å². The second kappa shape index (κ2) is 9.53. The monoisotopic (exact) mass is 391 g/mol. The van der Waals surface area contributed by atoms with Gasteiger partial charge in [0.1, 0.15) is 5.75 Å². The van der Waals surface area contributed by atoms with E-state index < -0.39 is 22.1 Å². The molecule has 2 atom stereocenters. The molecule has 6 nitrogen and oxygen atoms in total. The van der Waals surface area contributed by atoms with Crippen LogP contribution in [0.15, 0.2) is 59.5 Å². The Bertz CT molecular complexity index is 834. The van der Waals surface area contributed by atoms with Crippen LogP contribution in [-0.2, 0) is 19.1 Å². The molecule has 0 aromatic heterocycles. The smallest absolute Gasteiger partial charge is 0.297 e. The van der Waals surface area contributed by atoms with Crippen LogP contribution in [0.2, 0.25) is 0 Å². The Hall–Kier alpha value is -2.38. The standard InChI is InChI=1S/C20H25NO5S/c1-4-8-19(26-27(23,24)18-9-6-5-7-10-18)15(2)20(22)21-16-11-13-17(25-3)14-12-16/h5-7,9-15,19H,4,8H2,1-3H3,(H,21,22)/t15-,19-/m0/s1. The van der Waals surface area contributed by atoms with Crippen molar-refractivity contribution in [1.29, 1.82) is 0 Å². The molecule has 2 rings (SSSR count). The van der Waals surface area contributed by atoms with Crippen molar-refractivity contribution >= 4 is 21.7 Å². The molecule has 0 bridgehead atoms. The number of methoxy groups -OCH3 is 1. The highest BCUT2D eigenvalue weighted by Gasteiger charge is 2.30. The summed E-state index contributed by atoms with van der Waals surface area (Å²) in [5.41, 5.74) is 0.605. The van der Waals surface area contributed by atoms with Gasteiger partial charge in [0.25, 0.3) is 10.1 Å². The fourth-order valence-electron chi connectivity index (χ4n) is 2.57. The summed E-state index contributed by atoms with van der Waals surface area (Å²) in [5, 5.41) is 2.79. The van der Waals surface area contributed by atoms with Crippen molar-refractivity contribution in [2.45, 2.75) is 37.7 Å². The molecular formula is C20H25NO5S. The van der Waals surface area contributed by atoms with Gasteiger partial charge in [0.05, 0.1) is 24.0 Å². The van der Waals surface area contributed by atoms with Gasteiger partial charge in [-0.05, 0) is 42.8 Å². The average molecular weight is 391 g/mol. The SMILES string of the molecule is CCC[C@H](OS(=O)(=O)c1ccccc1)[C@H](C)C(=O)Nc1ccc(OC)cc1. The van der Waals surface area contributed by atoms with E-state index in [1.165, 1.54) is 12.1 Å². The number of ether oxygens (including phenoxy) is 1. The summed E-state index contributed by atoms with van der Waals surface area (Å²) < 4.78 is 35.5. The topological polar surface area (TPSA) is 81.7 Å². The summed E-state index contributed by atoms with van der Waals surface area (Å²) in [6.45, 7) is 3.58. The van der Waals surface area contributed by atoms with Crippen LogP contribution in [0.3, 0.4) is 0 Å². The van der Waals surface area contributed by atoms with E-state index >= 15 is 0 Å². The van der Waals surface area contributed by atoms with Crippen molar-refractivity contribution in [2.24, 2.45) is 5.92 Å². The first-order valence-corrected chi connectivity index (χ1v) is 10.2. The molecule has 27 heavy (non-hydrogen) atoms. The highest BCUT2D eigenvalue weighted by molar-refractivity contribution is 7.86. The molecule has 1 N–H and O–H groups in total. The van der Waals surface area contributed by atoms with E-state index in [1.807, 2.05) is 6.92 Å². The number of anilines is 1. The van der Waals surface area contributed by atoms with Crippen LogP contribution < -0.4 is 10.1 Å². The molecule has 0 unspecified atom stereocenters. The van der Waals surface area contributed by atoms with E-state index in [0.29, 0.717) is 24.3 Å². The summed E-state index contributed by atoms with van der Waals surface area (Å²) in [5.74, 6) is -0.269. The number of hydrogen-bond donors (Lipinski definition) is 1. The molecule has 0 aliphatic carbocycles. The molecule has 0 aliphatic heterocycles. The third kappa shape index (κ3) is 5.80. The van der Waals surface area contributed by atoms with Gasteiger partial charge in [0, 0.05) is 5.69 Å². The predicted octanol–water partition coefficient (Wildman–Crippen LogP) is 3.84. The van der Waals surface area contributed by atoms with E-state index in [9.17, 15) is 13.2 Å². The number of nitrogens with one attached hydrogen (secondary N) is 1. The third-order valence-corrected chi connectivity index (χ3v) is 5.53. The Morgan fingerprint density at radius 2 is 1.70 bits per heavy atom. The fraction of sp³-hybridized carbons (Fsp3) is 0.350. The van der Waals surface area contributed by atoms with Crippen LogP contribution in [0.1, 0.15) is 26.7 Å². The quantitative estimate of drug-likeness (QED) is 0.657. The average Bonchev–Trinajstić information content (AvgIpc) is 2.68. The van der Waals surface area contributed by atoms with Gasteiger partial charge in [-0.15, -0.1) is 0 Å². The van der Waals surface area contributed by atoms with E-state index in [1.54, 1.807) is 56.5 Å². The van der Waals surface area contributed by atoms with Gasteiger partial charge < -0.3 is 10.1 Å². The van der Waals surface area contributed by atoms with Crippen molar-refractivity contribution in [3.05, 3.63) is 54.6 Å². The number of carbonyl (C=O) groups is 1. The Balaban J connectivity index is 2.10. The van der Waals surface area contributed by atoms with Gasteiger partial charge in [-0.1, -0.05) is 38.5 Å². The van der Waals surface area contributed by atoms with Gasteiger partial charge in [-0.3, -0.25) is 8.98 Å². The largest absolute Gasteiger partial charge is 0.497 e. The minimum absolute atomic E-state index is 0.0777. The number of rotatable bonds is 9. The molecule has 146 valence electrons. The number of carbonyl (C=O) groups excluding carboxylic acids is 1. The van der Waals surface area contributed by atoms with Crippen molar-refractivity contribution in [1.82, 2.24) is 0 Å². The number of amides is 1. The van der Waals surface area contributed by atoms with Gasteiger partial charge >= 0.3 is 0 Å². The molecule has 0 saturated heterocycles. The second-order valence-corrected chi connectivity index (χ2v) is 7.77. The zero-order valence-electron chi connectivity index (χ0n) is 15.7. The highest BCUT2D eigenvalue weighted by Crippen LogP contribution is 2.23. The molecule has 7 heteroatoms. The molecule has 0 radical (unpaired) electrons. The van der Waals surface area contributed by atoms with E-state index in [0.717, 1.165) is 0 Å². The summed E-state index contributed by atoms with van der Waals surface area (Å²) in [6, 6.07) is 14.9. The van der Waals surface area contributed by atoms with Gasteiger partial charge in [-0.2, -0.15) is 8.42 Å². The van der Waals surface area contributed by atoms with Crippen molar-refractivity contribution in [3.63, 3.8) is 0 Å². The first-order chi connectivity index (χ1) is 12.9. The molecule has 2 aromatic rings. The minimum atomic E-state index is -3.94. The van der Waals surface area contributed by atoms with Crippen molar-refractivity contribution in [2.75, 3.05) is 12.4 Å². The molecule has 0 aliphatic rings. The zero-order valence-corrected chi connectivity index (χ0v) is 16.5. The van der Waals surface area contributed by atoms with Crippen molar-refractivity contribution < 1.29 is 22.1 Å². The molecule has 2 aromatic carbocycles. The lowest BCUT2D eigenvalue weighted by Gasteiger charge is -2.23. The lowest BCUT2D eigenvalue weighted by molar-refractivity contribution is -0.122.